The van der Waals surface area contributed by atoms with E-state index in [9.17, 15) is 14.4 Å². The number of carbonyl (C=O) groups is 3. The highest BCUT2D eigenvalue weighted by molar-refractivity contribution is 5.71. The summed E-state index contributed by atoms with van der Waals surface area (Å²) in [6, 6.07) is 0. The minimum Gasteiger partial charge on any atom is -0.462 e. The maximum atomic E-state index is 12.7. The van der Waals surface area contributed by atoms with Gasteiger partial charge in [0.25, 0.3) is 0 Å². The molecule has 0 fully saturated rings. The van der Waals surface area contributed by atoms with Crippen LogP contribution in [0.15, 0.2) is 0 Å². The lowest BCUT2D eigenvalue weighted by Gasteiger charge is -2.18. The molecule has 0 bridgehead atoms. The smallest absolute Gasteiger partial charge is 0.306 e. The summed E-state index contributed by atoms with van der Waals surface area (Å²) in [7, 11) is 0. The van der Waals surface area contributed by atoms with E-state index in [1.165, 1.54) is 167 Å². The molecule has 0 aliphatic rings. The fraction of sp³-hybridized carbons (Fsp3) is 0.943. The van der Waals surface area contributed by atoms with E-state index in [2.05, 4.69) is 41.5 Å². The quantitative estimate of drug-likeness (QED) is 0.0345. The van der Waals surface area contributed by atoms with E-state index in [1.807, 2.05) is 0 Å². The van der Waals surface area contributed by atoms with Gasteiger partial charge in [-0.15, -0.1) is 0 Å². The SMILES string of the molecule is CCC(C)CCCCCCCCCCC(=O)OC[C@H](COC(=O)CCCCCCCCCCCCCCCCCCC(C)C)OC(=O)CCCCCCCCCC(C)C. The molecule has 0 aromatic rings. The second kappa shape index (κ2) is 44.5. The molecule has 6 heteroatoms. The van der Waals surface area contributed by atoms with E-state index in [-0.39, 0.29) is 31.1 Å². The maximum Gasteiger partial charge on any atom is 0.306 e. The van der Waals surface area contributed by atoms with Crippen LogP contribution in [0.1, 0.15) is 286 Å². The van der Waals surface area contributed by atoms with Gasteiger partial charge in [-0.3, -0.25) is 14.4 Å². The molecule has 0 saturated carbocycles. The zero-order valence-electron chi connectivity index (χ0n) is 40.5. The van der Waals surface area contributed by atoms with E-state index in [0.717, 1.165) is 75.5 Å². The second-order valence-electron chi connectivity index (χ2n) is 19.4. The number of carbonyl (C=O) groups excluding carboxylic acids is 3. The van der Waals surface area contributed by atoms with Gasteiger partial charge < -0.3 is 14.2 Å². The largest absolute Gasteiger partial charge is 0.462 e. The molecule has 0 N–H and O–H groups in total. The second-order valence-corrected chi connectivity index (χ2v) is 19.4. The van der Waals surface area contributed by atoms with Crippen molar-refractivity contribution in [3.8, 4) is 0 Å². The highest BCUT2D eigenvalue weighted by Crippen LogP contribution is 2.18. The first-order chi connectivity index (χ1) is 28.6. The Morgan fingerprint density at radius 3 is 0.881 bits per heavy atom. The summed E-state index contributed by atoms with van der Waals surface area (Å²) in [6.07, 6.45) is 43.8. The summed E-state index contributed by atoms with van der Waals surface area (Å²) < 4.78 is 16.8. The molecule has 0 amide bonds. The van der Waals surface area contributed by atoms with E-state index >= 15 is 0 Å². The molecule has 0 spiro atoms. The normalized spacial score (nSPS) is 12.6. The first kappa shape index (κ1) is 57.4. The van der Waals surface area contributed by atoms with Crippen molar-refractivity contribution < 1.29 is 28.6 Å². The molecule has 0 heterocycles. The fourth-order valence-corrected chi connectivity index (χ4v) is 7.91. The Hall–Kier alpha value is -1.59. The minimum atomic E-state index is -0.763. The standard InChI is InChI=1S/C53H102O6/c1-7-49(6)41-35-29-23-18-19-25-31-37-43-52(55)58-46-50(59-53(56)44-38-32-26-20-22-28-34-40-48(4)5)45-57-51(54)42-36-30-24-17-15-13-11-9-8-10-12-14-16-21-27-33-39-47(2)3/h47-50H,7-46H2,1-6H3/t49?,50-/m0/s1. The Kier molecular flexibility index (Phi) is 43.3. The highest BCUT2D eigenvalue weighted by Gasteiger charge is 2.19. The molecule has 59 heavy (non-hydrogen) atoms. The third-order valence-electron chi connectivity index (χ3n) is 12.3. The molecule has 0 rings (SSSR count). The summed E-state index contributed by atoms with van der Waals surface area (Å²) in [5.41, 5.74) is 0. The van der Waals surface area contributed by atoms with Crippen molar-refractivity contribution in [2.24, 2.45) is 17.8 Å². The summed E-state index contributed by atoms with van der Waals surface area (Å²) in [4.78, 5) is 37.9. The van der Waals surface area contributed by atoms with Gasteiger partial charge in [0.15, 0.2) is 6.10 Å². The van der Waals surface area contributed by atoms with Crippen LogP contribution in [0, 0.1) is 17.8 Å². The van der Waals surface area contributed by atoms with Crippen molar-refractivity contribution in [3.63, 3.8) is 0 Å². The van der Waals surface area contributed by atoms with Crippen LogP contribution in [-0.2, 0) is 28.6 Å². The van der Waals surface area contributed by atoms with Crippen molar-refractivity contribution in [2.45, 2.75) is 292 Å². The van der Waals surface area contributed by atoms with Crippen LogP contribution in [0.5, 0.6) is 0 Å². The maximum absolute atomic E-state index is 12.7. The van der Waals surface area contributed by atoms with Gasteiger partial charge in [-0.2, -0.15) is 0 Å². The van der Waals surface area contributed by atoms with Gasteiger partial charge in [0.05, 0.1) is 0 Å². The summed E-state index contributed by atoms with van der Waals surface area (Å²) in [6.45, 7) is 13.7. The number of ether oxygens (including phenoxy) is 3. The Balaban J connectivity index is 4.24. The third-order valence-corrected chi connectivity index (χ3v) is 12.3. The van der Waals surface area contributed by atoms with Gasteiger partial charge in [0.1, 0.15) is 13.2 Å². The van der Waals surface area contributed by atoms with Crippen molar-refractivity contribution in [1.82, 2.24) is 0 Å². The molecular weight excluding hydrogens is 733 g/mol. The predicted molar refractivity (Wildman–Crippen MR) is 252 cm³/mol. The first-order valence-corrected chi connectivity index (χ1v) is 26.1. The van der Waals surface area contributed by atoms with Gasteiger partial charge >= 0.3 is 17.9 Å². The molecule has 0 radical (unpaired) electrons. The zero-order valence-corrected chi connectivity index (χ0v) is 40.5. The number of hydrogen-bond donors (Lipinski definition) is 0. The fourth-order valence-electron chi connectivity index (χ4n) is 7.91. The average Bonchev–Trinajstić information content (AvgIpc) is 3.20. The lowest BCUT2D eigenvalue weighted by molar-refractivity contribution is -0.167. The van der Waals surface area contributed by atoms with Gasteiger partial charge in [-0.05, 0) is 37.0 Å². The van der Waals surface area contributed by atoms with Gasteiger partial charge in [-0.1, -0.05) is 247 Å². The van der Waals surface area contributed by atoms with Crippen molar-refractivity contribution in [1.29, 1.82) is 0 Å². The van der Waals surface area contributed by atoms with Crippen LogP contribution in [0.4, 0.5) is 0 Å². The zero-order chi connectivity index (χ0) is 43.4. The van der Waals surface area contributed by atoms with Crippen LogP contribution in [0.3, 0.4) is 0 Å². The van der Waals surface area contributed by atoms with Crippen LogP contribution < -0.4 is 0 Å². The predicted octanol–water partition coefficient (Wildman–Crippen LogP) is 16.8. The molecule has 0 aliphatic carbocycles. The minimum absolute atomic E-state index is 0.0654. The van der Waals surface area contributed by atoms with Crippen LogP contribution >= 0.6 is 0 Å². The Morgan fingerprint density at radius 1 is 0.339 bits per heavy atom. The Labute approximate surface area is 368 Å². The summed E-state index contributed by atoms with van der Waals surface area (Å²) in [5, 5.41) is 0. The third kappa shape index (κ3) is 45.8. The van der Waals surface area contributed by atoms with Gasteiger partial charge in [0, 0.05) is 19.3 Å². The average molecular weight is 835 g/mol. The first-order valence-electron chi connectivity index (χ1n) is 26.1. The van der Waals surface area contributed by atoms with E-state index in [4.69, 9.17) is 14.2 Å². The van der Waals surface area contributed by atoms with Crippen LogP contribution in [0.2, 0.25) is 0 Å². The molecule has 0 aromatic heterocycles. The van der Waals surface area contributed by atoms with Crippen molar-refractivity contribution in [2.75, 3.05) is 13.2 Å². The van der Waals surface area contributed by atoms with Gasteiger partial charge in [-0.25, -0.2) is 0 Å². The topological polar surface area (TPSA) is 78.9 Å². The molecule has 0 aliphatic heterocycles. The number of esters is 3. The van der Waals surface area contributed by atoms with Crippen LogP contribution in [-0.4, -0.2) is 37.2 Å². The molecule has 1 unspecified atom stereocenters. The summed E-state index contributed by atoms with van der Waals surface area (Å²) in [5.74, 6) is 1.62. The molecule has 2 atom stereocenters. The van der Waals surface area contributed by atoms with E-state index in [0.29, 0.717) is 19.3 Å². The monoisotopic (exact) mass is 835 g/mol. The van der Waals surface area contributed by atoms with Gasteiger partial charge in [0.2, 0.25) is 0 Å². The van der Waals surface area contributed by atoms with E-state index in [1.54, 1.807) is 0 Å². The van der Waals surface area contributed by atoms with Crippen LogP contribution in [0.25, 0.3) is 0 Å². The van der Waals surface area contributed by atoms with E-state index < -0.39 is 6.10 Å². The Morgan fingerprint density at radius 2 is 0.593 bits per heavy atom. The molecule has 0 aromatic carbocycles. The lowest BCUT2D eigenvalue weighted by Crippen LogP contribution is -2.30. The Bertz CT molecular complexity index is 916. The van der Waals surface area contributed by atoms with Crippen molar-refractivity contribution >= 4 is 17.9 Å². The molecule has 6 nitrogen and oxygen atoms in total. The molecule has 350 valence electrons. The highest BCUT2D eigenvalue weighted by atomic mass is 16.6. The number of hydrogen-bond acceptors (Lipinski definition) is 6. The lowest BCUT2D eigenvalue weighted by atomic mass is 9.99. The summed E-state index contributed by atoms with van der Waals surface area (Å²) >= 11 is 0. The van der Waals surface area contributed by atoms with Crippen molar-refractivity contribution in [3.05, 3.63) is 0 Å². The molecule has 0 saturated heterocycles. The molecular formula is C53H102O6. The number of unbranched alkanes of at least 4 members (excludes halogenated alkanes) is 28. The number of rotatable bonds is 46.